The molecule has 0 aromatic heterocycles. The van der Waals surface area contributed by atoms with Gasteiger partial charge in [0.15, 0.2) is 0 Å². The predicted octanol–water partition coefficient (Wildman–Crippen LogP) is 17.7. The van der Waals surface area contributed by atoms with Crippen LogP contribution in [0.4, 0.5) is 17.1 Å². The summed E-state index contributed by atoms with van der Waals surface area (Å²) in [6, 6.07) is 79.8. The molecule has 0 fully saturated rings. The summed E-state index contributed by atoms with van der Waals surface area (Å²) in [6.45, 7) is 8.11. The average molecular weight is 802 g/mol. The van der Waals surface area contributed by atoms with Crippen LogP contribution in [0.5, 0.6) is 0 Å². The lowest BCUT2D eigenvalue weighted by molar-refractivity contribution is 1.32. The molecule has 0 aliphatic carbocycles. The van der Waals surface area contributed by atoms with Crippen LogP contribution in [0.1, 0.15) is 5.56 Å². The fourth-order valence-electron chi connectivity index (χ4n) is 9.75. The molecule has 0 unspecified atom stereocenters. The Bertz CT molecular complexity index is 3520. The Hall–Kier alpha value is -8.26. The van der Waals surface area contributed by atoms with Crippen molar-refractivity contribution in [3.8, 4) is 33.4 Å². The number of nitrogens with zero attached hydrogens (tertiary/aromatic N) is 1. The summed E-state index contributed by atoms with van der Waals surface area (Å²) in [5.74, 6) is 0. The third-order valence-electron chi connectivity index (χ3n) is 12.5. The van der Waals surface area contributed by atoms with Gasteiger partial charge in [-0.3, -0.25) is 0 Å². The number of hydrogen-bond donors (Lipinski definition) is 0. The van der Waals surface area contributed by atoms with Gasteiger partial charge in [-0.1, -0.05) is 219 Å². The topological polar surface area (TPSA) is 3.24 Å². The third kappa shape index (κ3) is 6.50. The van der Waals surface area contributed by atoms with Gasteiger partial charge in [-0.15, -0.1) is 0 Å². The number of hydrogen-bond acceptors (Lipinski definition) is 1. The molecule has 296 valence electrons. The van der Waals surface area contributed by atoms with Crippen molar-refractivity contribution in [2.24, 2.45) is 0 Å². The second kappa shape index (κ2) is 16.0. The van der Waals surface area contributed by atoms with Gasteiger partial charge in [-0.2, -0.15) is 0 Å². The number of fused-ring (bicyclic) bond motifs is 5. The summed E-state index contributed by atoms with van der Waals surface area (Å²) in [4.78, 5) is 2.44. The zero-order valence-electron chi connectivity index (χ0n) is 34.9. The number of benzene rings is 11. The molecule has 11 aromatic carbocycles. The molecule has 0 heterocycles. The van der Waals surface area contributed by atoms with E-state index < -0.39 is 0 Å². The van der Waals surface area contributed by atoms with Gasteiger partial charge in [0.2, 0.25) is 0 Å². The second-order valence-corrected chi connectivity index (χ2v) is 16.1. The van der Waals surface area contributed by atoms with Crippen LogP contribution in [-0.4, -0.2) is 0 Å². The molecule has 0 saturated heterocycles. The Kier molecular flexibility index (Phi) is 9.56. The van der Waals surface area contributed by atoms with Gasteiger partial charge in [0, 0.05) is 22.1 Å². The zero-order valence-corrected chi connectivity index (χ0v) is 34.9. The van der Waals surface area contributed by atoms with Gasteiger partial charge in [0.1, 0.15) is 0 Å². The van der Waals surface area contributed by atoms with Gasteiger partial charge < -0.3 is 4.90 Å². The maximum Gasteiger partial charge on any atom is 0.0618 e. The second-order valence-electron chi connectivity index (χ2n) is 16.1. The van der Waals surface area contributed by atoms with E-state index in [1.807, 2.05) is 18.2 Å². The molecule has 0 spiro atoms. The molecular weight excluding hydrogens is 759 g/mol. The van der Waals surface area contributed by atoms with Gasteiger partial charge >= 0.3 is 0 Å². The van der Waals surface area contributed by atoms with Crippen LogP contribution in [0, 0.1) is 0 Å². The summed E-state index contributed by atoms with van der Waals surface area (Å²) >= 11 is 0. The van der Waals surface area contributed by atoms with Crippen molar-refractivity contribution in [1.82, 2.24) is 0 Å². The Morgan fingerprint density at radius 2 is 0.810 bits per heavy atom. The number of para-hydroxylation sites is 1. The van der Waals surface area contributed by atoms with Gasteiger partial charge in [0.05, 0.1) is 5.69 Å². The van der Waals surface area contributed by atoms with E-state index in [-0.39, 0.29) is 0 Å². The normalized spacial score (nSPS) is 11.7. The third-order valence-corrected chi connectivity index (χ3v) is 12.5. The van der Waals surface area contributed by atoms with Crippen molar-refractivity contribution in [2.75, 3.05) is 4.90 Å². The van der Waals surface area contributed by atoms with Crippen molar-refractivity contribution >= 4 is 76.5 Å². The highest BCUT2D eigenvalue weighted by molar-refractivity contribution is 6.24. The lowest BCUT2D eigenvalue weighted by Crippen LogP contribution is -2.11. The number of allylic oxidation sites excluding steroid dienone is 4. The maximum atomic E-state index is 4.14. The summed E-state index contributed by atoms with van der Waals surface area (Å²) in [5.41, 5.74) is 12.8. The molecule has 0 atom stereocenters. The molecule has 0 N–H and O–H groups in total. The van der Waals surface area contributed by atoms with Crippen LogP contribution < -0.4 is 4.90 Å². The molecule has 0 aliphatic heterocycles. The highest BCUT2D eigenvalue weighted by Crippen LogP contribution is 2.49. The summed E-state index contributed by atoms with van der Waals surface area (Å²) in [5, 5.41) is 12.1. The molecular formula is C62H43N. The summed E-state index contributed by atoms with van der Waals surface area (Å²) in [7, 11) is 0. The van der Waals surface area contributed by atoms with Crippen LogP contribution in [-0.2, 0) is 0 Å². The van der Waals surface area contributed by atoms with E-state index in [9.17, 15) is 0 Å². The minimum absolute atomic E-state index is 1.04. The Labute approximate surface area is 368 Å². The summed E-state index contributed by atoms with van der Waals surface area (Å²) < 4.78 is 0. The van der Waals surface area contributed by atoms with Gasteiger partial charge in [0.25, 0.3) is 0 Å². The molecule has 0 saturated carbocycles. The number of anilines is 3. The monoisotopic (exact) mass is 801 g/mol. The van der Waals surface area contributed by atoms with Crippen LogP contribution in [0.3, 0.4) is 0 Å². The molecule has 0 amide bonds. The molecule has 11 aromatic rings. The van der Waals surface area contributed by atoms with E-state index in [2.05, 4.69) is 236 Å². The first-order valence-electron chi connectivity index (χ1n) is 21.6. The van der Waals surface area contributed by atoms with Crippen LogP contribution in [0.2, 0.25) is 0 Å². The van der Waals surface area contributed by atoms with E-state index >= 15 is 0 Å². The Morgan fingerprint density at radius 1 is 0.349 bits per heavy atom. The van der Waals surface area contributed by atoms with Crippen molar-refractivity contribution in [2.45, 2.75) is 0 Å². The molecule has 0 radical (unpaired) electrons. The molecule has 1 nitrogen and oxygen atoms in total. The number of rotatable bonds is 9. The van der Waals surface area contributed by atoms with Gasteiger partial charge in [-0.25, -0.2) is 0 Å². The van der Waals surface area contributed by atoms with E-state index in [1.54, 1.807) is 0 Å². The van der Waals surface area contributed by atoms with Crippen molar-refractivity contribution in [3.63, 3.8) is 0 Å². The van der Waals surface area contributed by atoms with Crippen molar-refractivity contribution in [1.29, 1.82) is 0 Å². The van der Waals surface area contributed by atoms with E-state index in [0.29, 0.717) is 0 Å². The predicted molar refractivity (Wildman–Crippen MR) is 273 cm³/mol. The van der Waals surface area contributed by atoms with Crippen molar-refractivity contribution in [3.05, 3.63) is 255 Å². The average Bonchev–Trinajstić information content (AvgIpc) is 3.35. The quantitative estimate of drug-likeness (QED) is 0.104. The van der Waals surface area contributed by atoms with E-state index in [1.165, 1.54) is 92.9 Å². The molecule has 1 heteroatoms. The molecule has 63 heavy (non-hydrogen) atoms. The fourth-order valence-corrected chi connectivity index (χ4v) is 9.75. The minimum atomic E-state index is 1.04. The highest BCUT2D eigenvalue weighted by atomic mass is 15.1. The smallest absolute Gasteiger partial charge is 0.0618 e. The largest absolute Gasteiger partial charge is 0.309 e. The zero-order chi connectivity index (χ0) is 42.3. The van der Waals surface area contributed by atoms with Crippen LogP contribution in [0.25, 0.3) is 92.8 Å². The van der Waals surface area contributed by atoms with E-state index in [0.717, 1.165) is 22.5 Å². The van der Waals surface area contributed by atoms with Crippen molar-refractivity contribution < 1.29 is 0 Å². The molecule has 11 rings (SSSR count). The SMILES string of the molecule is C=C/C=C(\C=C)c1ccc2c(-c3ccc(-c4c5ccccc5c(N(c5ccccc5)c5ccc6ccccc6c5)c5ccccc45)cc3)c3ccccc3c(-c3ccccc3)c2c1. The van der Waals surface area contributed by atoms with Crippen LogP contribution >= 0.6 is 0 Å². The summed E-state index contributed by atoms with van der Waals surface area (Å²) in [6.07, 6.45) is 5.77. The lowest BCUT2D eigenvalue weighted by Gasteiger charge is -2.29. The lowest BCUT2D eigenvalue weighted by atomic mass is 9.84. The first-order chi connectivity index (χ1) is 31.2. The van der Waals surface area contributed by atoms with Gasteiger partial charge in [-0.05, 0) is 118 Å². The Morgan fingerprint density at radius 3 is 1.38 bits per heavy atom. The van der Waals surface area contributed by atoms with E-state index in [4.69, 9.17) is 0 Å². The minimum Gasteiger partial charge on any atom is -0.309 e. The molecule has 0 aliphatic rings. The standard InChI is InChI=1S/C62H43N/c1-3-19-42(4-2)48-37-39-55-58(41-48)61(44-21-7-5-8-22-44)52-27-14-13-26-51(52)59(55)45-32-34-46(35-33-45)60-53-28-15-17-30-56(53)62(57-31-18-16-29-54(57)60)63(49-24-9-6-10-25-49)50-38-36-43-20-11-12-23-47(43)40-50/h3-41H,1-2H2/b42-19+. The highest BCUT2D eigenvalue weighted by Gasteiger charge is 2.23. The first kappa shape index (κ1) is 37.7. The fraction of sp³-hybridized carbons (Fsp3) is 0. The van der Waals surface area contributed by atoms with Crippen LogP contribution in [0.15, 0.2) is 250 Å². The Balaban J connectivity index is 1.13. The maximum absolute atomic E-state index is 4.14. The first-order valence-corrected chi connectivity index (χ1v) is 21.6. The molecule has 0 bridgehead atoms.